The van der Waals surface area contributed by atoms with Gasteiger partial charge in [-0.2, -0.15) is 0 Å². The normalized spacial score (nSPS) is 18.3. The Morgan fingerprint density at radius 1 is 1.06 bits per heavy atom. The second-order valence-corrected chi connectivity index (χ2v) is 8.15. The second-order valence-electron chi connectivity index (χ2n) is 8.15. The first-order valence-corrected chi connectivity index (χ1v) is 11.0. The lowest BCUT2D eigenvalue weighted by atomic mass is 10.1. The molecule has 32 heavy (non-hydrogen) atoms. The van der Waals surface area contributed by atoms with Gasteiger partial charge >= 0.3 is 0 Å². The zero-order chi connectivity index (χ0) is 22.5. The maximum atomic E-state index is 12.0. The lowest BCUT2D eigenvalue weighted by molar-refractivity contribution is -0.117. The summed E-state index contributed by atoms with van der Waals surface area (Å²) in [5, 5.41) is 6.11. The number of nitrogens with one attached hydrogen (secondary N) is 2. The molecule has 4 N–H and O–H groups in total. The molecule has 4 heterocycles. The standard InChI is InChI=1S/C23H29N7O2/c1-2-21(31)26-17-10-13-30(15-17)20-9-7-18(22(24)32)23(28-20)27-16-6-8-19(25-14-16)29-11-4-3-5-12-29/h2,6-9,14,17H,1,3-5,10-13,15H2,(H2,24,32)(H,26,31)(H,27,28)/t17-/m0/s1. The average molecular weight is 436 g/mol. The number of carbonyl (C=O) groups is 2. The number of anilines is 4. The number of nitrogens with zero attached hydrogens (tertiary/aromatic N) is 4. The SMILES string of the molecule is C=CC(=O)N[C@H]1CCN(c2ccc(C(N)=O)c(Nc3ccc(N4CCCCC4)nc3)n2)C1. The van der Waals surface area contributed by atoms with Crippen LogP contribution in [-0.4, -0.2) is 54.0 Å². The summed E-state index contributed by atoms with van der Waals surface area (Å²) in [6.07, 6.45) is 7.48. The Bertz CT molecular complexity index is 986. The molecule has 0 spiro atoms. The van der Waals surface area contributed by atoms with E-state index in [1.165, 1.54) is 25.3 Å². The van der Waals surface area contributed by atoms with Crippen molar-refractivity contribution in [3.63, 3.8) is 0 Å². The van der Waals surface area contributed by atoms with E-state index in [1.807, 2.05) is 12.1 Å². The van der Waals surface area contributed by atoms with Crippen molar-refractivity contribution in [3.05, 3.63) is 48.7 Å². The third-order valence-electron chi connectivity index (χ3n) is 5.88. The van der Waals surface area contributed by atoms with Gasteiger partial charge in [0.05, 0.1) is 17.4 Å². The largest absolute Gasteiger partial charge is 0.365 e. The van der Waals surface area contributed by atoms with E-state index >= 15 is 0 Å². The summed E-state index contributed by atoms with van der Waals surface area (Å²) in [5.41, 5.74) is 6.62. The summed E-state index contributed by atoms with van der Waals surface area (Å²) in [7, 11) is 0. The molecule has 2 aromatic heterocycles. The molecule has 4 rings (SSSR count). The van der Waals surface area contributed by atoms with E-state index in [2.05, 4.69) is 37.0 Å². The zero-order valence-corrected chi connectivity index (χ0v) is 18.1. The molecular formula is C23H29N7O2. The van der Waals surface area contributed by atoms with Gasteiger partial charge in [-0.15, -0.1) is 0 Å². The van der Waals surface area contributed by atoms with Crippen LogP contribution in [0.5, 0.6) is 0 Å². The minimum Gasteiger partial charge on any atom is -0.365 e. The Morgan fingerprint density at radius 3 is 2.53 bits per heavy atom. The van der Waals surface area contributed by atoms with Gasteiger partial charge in [0.25, 0.3) is 5.91 Å². The number of piperidine rings is 1. The number of primary amides is 1. The first-order valence-electron chi connectivity index (χ1n) is 11.0. The molecule has 2 aromatic rings. The van der Waals surface area contributed by atoms with E-state index in [9.17, 15) is 9.59 Å². The molecule has 1 atom stereocenters. The van der Waals surface area contributed by atoms with Gasteiger partial charge in [-0.3, -0.25) is 9.59 Å². The van der Waals surface area contributed by atoms with E-state index in [0.717, 1.165) is 37.6 Å². The van der Waals surface area contributed by atoms with Crippen LogP contribution in [0.1, 0.15) is 36.0 Å². The van der Waals surface area contributed by atoms with Gasteiger partial charge in [0.1, 0.15) is 17.5 Å². The van der Waals surface area contributed by atoms with Gasteiger partial charge in [0, 0.05) is 32.2 Å². The molecule has 2 saturated heterocycles. The maximum absolute atomic E-state index is 12.0. The minimum absolute atomic E-state index is 0.0288. The molecule has 2 aliphatic heterocycles. The molecule has 0 aromatic carbocycles. The monoisotopic (exact) mass is 435 g/mol. The zero-order valence-electron chi connectivity index (χ0n) is 18.1. The molecule has 0 bridgehead atoms. The fourth-order valence-electron chi connectivity index (χ4n) is 4.17. The molecule has 2 amide bonds. The lowest BCUT2D eigenvalue weighted by Crippen LogP contribution is -2.36. The Kier molecular flexibility index (Phi) is 6.53. The van der Waals surface area contributed by atoms with Crippen molar-refractivity contribution in [2.45, 2.75) is 31.7 Å². The number of amides is 2. The highest BCUT2D eigenvalue weighted by Crippen LogP contribution is 2.26. The van der Waals surface area contributed by atoms with Crippen LogP contribution in [0.15, 0.2) is 43.1 Å². The van der Waals surface area contributed by atoms with Crippen molar-refractivity contribution in [2.75, 3.05) is 41.3 Å². The number of hydrogen-bond acceptors (Lipinski definition) is 7. The molecule has 2 fully saturated rings. The molecule has 0 radical (unpaired) electrons. The number of rotatable bonds is 7. The van der Waals surface area contributed by atoms with Gasteiger partial charge in [0.15, 0.2) is 0 Å². The lowest BCUT2D eigenvalue weighted by Gasteiger charge is -2.27. The van der Waals surface area contributed by atoms with Gasteiger partial charge in [-0.25, -0.2) is 9.97 Å². The summed E-state index contributed by atoms with van der Waals surface area (Å²) in [6, 6.07) is 7.40. The van der Waals surface area contributed by atoms with Crippen LogP contribution in [-0.2, 0) is 4.79 Å². The molecule has 0 unspecified atom stereocenters. The van der Waals surface area contributed by atoms with E-state index < -0.39 is 5.91 Å². The van der Waals surface area contributed by atoms with Crippen LogP contribution in [0.3, 0.4) is 0 Å². The summed E-state index contributed by atoms with van der Waals surface area (Å²) in [5.74, 6) is 1.32. The van der Waals surface area contributed by atoms with Crippen molar-refractivity contribution in [1.29, 1.82) is 0 Å². The third kappa shape index (κ3) is 4.99. The highest BCUT2D eigenvalue weighted by Gasteiger charge is 2.25. The Balaban J connectivity index is 1.49. The number of pyridine rings is 2. The summed E-state index contributed by atoms with van der Waals surface area (Å²) >= 11 is 0. The second kappa shape index (κ2) is 9.67. The maximum Gasteiger partial charge on any atom is 0.252 e. The number of hydrogen-bond donors (Lipinski definition) is 3. The van der Waals surface area contributed by atoms with Crippen LogP contribution in [0.25, 0.3) is 0 Å². The Labute approximate surface area is 187 Å². The Hall–Kier alpha value is -3.62. The minimum atomic E-state index is -0.554. The molecule has 9 nitrogen and oxygen atoms in total. The fourth-order valence-corrected chi connectivity index (χ4v) is 4.17. The molecule has 0 saturated carbocycles. The van der Waals surface area contributed by atoms with Crippen LogP contribution in [0, 0.1) is 0 Å². The predicted octanol–water partition coefficient (Wildman–Crippen LogP) is 2.19. The van der Waals surface area contributed by atoms with Gasteiger partial charge in [-0.05, 0) is 56.0 Å². The Morgan fingerprint density at radius 2 is 1.84 bits per heavy atom. The van der Waals surface area contributed by atoms with Crippen molar-refractivity contribution in [1.82, 2.24) is 15.3 Å². The van der Waals surface area contributed by atoms with Gasteiger partial charge in [-0.1, -0.05) is 6.58 Å². The molecule has 168 valence electrons. The summed E-state index contributed by atoms with van der Waals surface area (Å²) in [6.45, 7) is 6.93. The van der Waals surface area contributed by atoms with Crippen LogP contribution < -0.4 is 26.2 Å². The van der Waals surface area contributed by atoms with Gasteiger partial charge in [0.2, 0.25) is 5.91 Å². The van der Waals surface area contributed by atoms with Crippen molar-refractivity contribution >= 4 is 35.0 Å². The van der Waals surface area contributed by atoms with Crippen molar-refractivity contribution in [2.24, 2.45) is 5.73 Å². The topological polar surface area (TPSA) is 116 Å². The quantitative estimate of drug-likeness (QED) is 0.571. The molecule has 2 aliphatic rings. The summed E-state index contributed by atoms with van der Waals surface area (Å²) in [4.78, 5) is 37.1. The first-order chi connectivity index (χ1) is 15.5. The third-order valence-corrected chi connectivity index (χ3v) is 5.88. The van der Waals surface area contributed by atoms with E-state index in [4.69, 9.17) is 5.73 Å². The van der Waals surface area contributed by atoms with Crippen LogP contribution >= 0.6 is 0 Å². The average Bonchev–Trinajstić information content (AvgIpc) is 3.28. The highest BCUT2D eigenvalue weighted by atomic mass is 16.1. The number of nitrogens with two attached hydrogens (primary N) is 1. The van der Waals surface area contributed by atoms with Crippen molar-refractivity contribution < 1.29 is 9.59 Å². The van der Waals surface area contributed by atoms with E-state index in [0.29, 0.717) is 23.7 Å². The van der Waals surface area contributed by atoms with E-state index in [-0.39, 0.29) is 11.9 Å². The van der Waals surface area contributed by atoms with E-state index in [1.54, 1.807) is 18.3 Å². The van der Waals surface area contributed by atoms with Crippen LogP contribution in [0.2, 0.25) is 0 Å². The predicted molar refractivity (Wildman–Crippen MR) is 125 cm³/mol. The molecule has 0 aliphatic carbocycles. The van der Waals surface area contributed by atoms with Gasteiger partial charge < -0.3 is 26.2 Å². The molecule has 9 heteroatoms. The molecular weight excluding hydrogens is 406 g/mol. The van der Waals surface area contributed by atoms with Crippen LogP contribution in [0.4, 0.5) is 23.1 Å². The number of aromatic nitrogens is 2. The highest BCUT2D eigenvalue weighted by molar-refractivity contribution is 5.98. The number of carbonyl (C=O) groups excluding carboxylic acids is 2. The summed E-state index contributed by atoms with van der Waals surface area (Å²) < 4.78 is 0. The van der Waals surface area contributed by atoms with Crippen molar-refractivity contribution in [3.8, 4) is 0 Å². The fraction of sp³-hybridized carbons (Fsp3) is 0.391. The first kappa shape index (κ1) is 21.6. The smallest absolute Gasteiger partial charge is 0.252 e.